The Hall–Kier alpha value is -1.89. The Morgan fingerprint density at radius 1 is 1.35 bits per heavy atom. The van der Waals surface area contributed by atoms with Gasteiger partial charge >= 0.3 is 0 Å². The first-order valence-corrected chi connectivity index (χ1v) is 8.27. The molecule has 0 aliphatic carbocycles. The molecule has 3 N–H and O–H groups in total. The molecule has 0 radical (unpaired) electrons. The number of nitrogen functional groups attached to an aromatic ring is 1. The van der Waals surface area contributed by atoms with E-state index in [9.17, 15) is 8.42 Å². The lowest BCUT2D eigenvalue weighted by atomic mass is 10.0. The highest BCUT2D eigenvalue weighted by atomic mass is 32.2. The van der Waals surface area contributed by atoms with Crippen LogP contribution in [0.15, 0.2) is 24.5 Å². The lowest BCUT2D eigenvalue weighted by molar-refractivity contribution is 0.542. The summed E-state index contributed by atoms with van der Waals surface area (Å²) in [7, 11) is -3.14. The second kappa shape index (κ2) is 4.90. The predicted molar refractivity (Wildman–Crippen MR) is 76.6 cm³/mol. The number of nitrogens with zero attached hydrogens (tertiary/aromatic N) is 2. The van der Waals surface area contributed by atoms with Crippen LogP contribution in [-0.2, 0) is 9.84 Å². The van der Waals surface area contributed by atoms with Crippen molar-refractivity contribution in [2.24, 2.45) is 0 Å². The van der Waals surface area contributed by atoms with Gasteiger partial charge in [0.2, 0.25) is 0 Å². The minimum atomic E-state index is -3.14. The first kappa shape index (κ1) is 13.1. The Kier molecular flexibility index (Phi) is 3.21. The van der Waals surface area contributed by atoms with Crippen LogP contribution >= 0.6 is 0 Å². The monoisotopic (exact) mass is 292 g/mol. The topological polar surface area (TPSA) is 102 Å². The quantitative estimate of drug-likeness (QED) is 0.877. The summed E-state index contributed by atoms with van der Waals surface area (Å²) in [5.74, 6) is 0.539. The SMILES string of the molecule is Nc1n[nH]c(C2CCCCS2(=O)=O)c1-c1cccnc1. The van der Waals surface area contributed by atoms with Gasteiger partial charge in [-0.2, -0.15) is 5.10 Å². The summed E-state index contributed by atoms with van der Waals surface area (Å²) in [6, 6.07) is 3.65. The van der Waals surface area contributed by atoms with Crippen molar-refractivity contribution >= 4 is 15.7 Å². The van der Waals surface area contributed by atoms with Gasteiger partial charge in [0.15, 0.2) is 15.7 Å². The Morgan fingerprint density at radius 2 is 2.20 bits per heavy atom. The minimum absolute atomic E-state index is 0.225. The molecule has 1 unspecified atom stereocenters. The number of pyridine rings is 1. The van der Waals surface area contributed by atoms with Gasteiger partial charge in [0.1, 0.15) is 5.25 Å². The van der Waals surface area contributed by atoms with Crippen molar-refractivity contribution in [1.29, 1.82) is 0 Å². The predicted octanol–water partition coefficient (Wildman–Crippen LogP) is 1.69. The van der Waals surface area contributed by atoms with Gasteiger partial charge in [-0.15, -0.1) is 0 Å². The van der Waals surface area contributed by atoms with Crippen molar-refractivity contribution in [3.05, 3.63) is 30.2 Å². The van der Waals surface area contributed by atoms with Crippen LogP contribution in [0.4, 0.5) is 5.82 Å². The fraction of sp³-hybridized carbons (Fsp3) is 0.385. The highest BCUT2D eigenvalue weighted by Gasteiger charge is 2.34. The number of sulfone groups is 1. The molecule has 2 aromatic rings. The van der Waals surface area contributed by atoms with E-state index in [1.165, 1.54) is 0 Å². The molecule has 1 aliphatic rings. The zero-order valence-electron chi connectivity index (χ0n) is 10.9. The van der Waals surface area contributed by atoms with Gasteiger partial charge in [-0.1, -0.05) is 12.5 Å². The van der Waals surface area contributed by atoms with E-state index in [0.717, 1.165) is 18.4 Å². The molecule has 3 heterocycles. The average Bonchev–Trinajstić information content (AvgIpc) is 2.81. The smallest absolute Gasteiger partial charge is 0.158 e. The van der Waals surface area contributed by atoms with E-state index in [1.54, 1.807) is 18.5 Å². The van der Waals surface area contributed by atoms with Crippen molar-refractivity contribution in [2.45, 2.75) is 24.5 Å². The number of H-pyrrole nitrogens is 1. The largest absolute Gasteiger partial charge is 0.382 e. The van der Waals surface area contributed by atoms with E-state index >= 15 is 0 Å². The van der Waals surface area contributed by atoms with Crippen LogP contribution in [0.2, 0.25) is 0 Å². The molecule has 1 aliphatic heterocycles. The molecule has 0 spiro atoms. The van der Waals surface area contributed by atoms with E-state index in [-0.39, 0.29) is 5.75 Å². The number of nitrogens with one attached hydrogen (secondary N) is 1. The van der Waals surface area contributed by atoms with Crippen LogP contribution in [0.3, 0.4) is 0 Å². The van der Waals surface area contributed by atoms with Gasteiger partial charge in [0.25, 0.3) is 0 Å². The molecule has 2 aromatic heterocycles. The van der Waals surface area contributed by atoms with Crippen LogP contribution in [0.1, 0.15) is 30.2 Å². The summed E-state index contributed by atoms with van der Waals surface area (Å²) in [6.45, 7) is 0. The first-order chi connectivity index (χ1) is 9.59. The van der Waals surface area contributed by atoms with E-state index in [1.807, 2.05) is 6.07 Å². The summed E-state index contributed by atoms with van der Waals surface area (Å²) in [4.78, 5) is 4.06. The van der Waals surface area contributed by atoms with Crippen LogP contribution < -0.4 is 5.73 Å². The van der Waals surface area contributed by atoms with Gasteiger partial charge in [0, 0.05) is 23.5 Å². The second-order valence-electron chi connectivity index (χ2n) is 4.99. The summed E-state index contributed by atoms with van der Waals surface area (Å²) >= 11 is 0. The Balaban J connectivity index is 2.12. The van der Waals surface area contributed by atoms with Crippen molar-refractivity contribution in [3.8, 4) is 11.1 Å². The Bertz CT molecular complexity index is 709. The minimum Gasteiger partial charge on any atom is -0.382 e. The lowest BCUT2D eigenvalue weighted by Gasteiger charge is -2.22. The molecule has 0 amide bonds. The molecule has 0 aromatic carbocycles. The third-order valence-electron chi connectivity index (χ3n) is 3.67. The van der Waals surface area contributed by atoms with Crippen molar-refractivity contribution in [3.63, 3.8) is 0 Å². The normalized spacial score (nSPS) is 21.7. The maximum Gasteiger partial charge on any atom is 0.158 e. The number of aromatic nitrogens is 3. The van der Waals surface area contributed by atoms with Crippen LogP contribution in [-0.4, -0.2) is 29.4 Å². The fourth-order valence-corrected chi connectivity index (χ4v) is 4.64. The van der Waals surface area contributed by atoms with E-state index in [2.05, 4.69) is 15.2 Å². The molecule has 1 atom stereocenters. The highest BCUT2D eigenvalue weighted by Crippen LogP contribution is 2.39. The molecule has 0 saturated carbocycles. The number of anilines is 1. The lowest BCUT2D eigenvalue weighted by Crippen LogP contribution is -2.22. The van der Waals surface area contributed by atoms with E-state index < -0.39 is 15.1 Å². The number of rotatable bonds is 2. The molecule has 20 heavy (non-hydrogen) atoms. The van der Waals surface area contributed by atoms with Gasteiger partial charge < -0.3 is 5.73 Å². The van der Waals surface area contributed by atoms with Crippen LogP contribution in [0.5, 0.6) is 0 Å². The number of hydrogen-bond acceptors (Lipinski definition) is 5. The van der Waals surface area contributed by atoms with E-state index in [4.69, 9.17) is 5.73 Å². The summed E-state index contributed by atoms with van der Waals surface area (Å²) < 4.78 is 24.5. The van der Waals surface area contributed by atoms with Crippen molar-refractivity contribution < 1.29 is 8.42 Å². The molecule has 7 heteroatoms. The second-order valence-corrected chi connectivity index (χ2v) is 7.29. The standard InChI is InChI=1S/C13H16N4O2S/c14-13-11(9-4-3-6-15-8-9)12(16-17-13)10-5-1-2-7-20(10,18)19/h3-4,6,8,10H,1-2,5,7H2,(H3,14,16,17). The molecule has 1 fully saturated rings. The van der Waals surface area contributed by atoms with Gasteiger partial charge in [0.05, 0.1) is 11.4 Å². The summed E-state index contributed by atoms with van der Waals surface area (Å²) in [5.41, 5.74) is 7.94. The van der Waals surface area contributed by atoms with Crippen molar-refractivity contribution in [1.82, 2.24) is 15.2 Å². The van der Waals surface area contributed by atoms with Gasteiger partial charge in [-0.25, -0.2) is 8.42 Å². The first-order valence-electron chi connectivity index (χ1n) is 6.55. The van der Waals surface area contributed by atoms with Gasteiger partial charge in [-0.05, 0) is 18.9 Å². The third kappa shape index (κ3) is 2.18. The Labute approximate surface area is 117 Å². The molecular formula is C13H16N4O2S. The number of hydrogen-bond donors (Lipinski definition) is 2. The molecule has 1 saturated heterocycles. The van der Waals surface area contributed by atoms with E-state index in [0.29, 0.717) is 23.5 Å². The van der Waals surface area contributed by atoms with Crippen LogP contribution in [0, 0.1) is 0 Å². The molecule has 0 bridgehead atoms. The maximum atomic E-state index is 12.3. The maximum absolute atomic E-state index is 12.3. The molecule has 6 nitrogen and oxygen atoms in total. The third-order valence-corrected chi connectivity index (χ3v) is 5.87. The molecule has 3 rings (SSSR count). The Morgan fingerprint density at radius 3 is 2.90 bits per heavy atom. The van der Waals surface area contributed by atoms with Gasteiger partial charge in [-0.3, -0.25) is 10.1 Å². The summed E-state index contributed by atoms with van der Waals surface area (Å²) in [6.07, 6.45) is 5.56. The zero-order chi connectivity index (χ0) is 14.2. The number of nitrogens with two attached hydrogens (primary N) is 1. The fourth-order valence-electron chi connectivity index (χ4n) is 2.70. The number of aromatic amines is 1. The highest BCUT2D eigenvalue weighted by molar-refractivity contribution is 7.91. The van der Waals surface area contributed by atoms with Crippen molar-refractivity contribution in [2.75, 3.05) is 11.5 Å². The molecule has 106 valence electrons. The zero-order valence-corrected chi connectivity index (χ0v) is 11.7. The summed E-state index contributed by atoms with van der Waals surface area (Å²) in [5, 5.41) is 6.27. The van der Waals surface area contributed by atoms with Crippen LogP contribution in [0.25, 0.3) is 11.1 Å². The molecular weight excluding hydrogens is 276 g/mol. The average molecular weight is 292 g/mol.